The van der Waals surface area contributed by atoms with Gasteiger partial charge in [0.2, 0.25) is 0 Å². The molecule has 5 nitrogen and oxygen atoms in total. The molecular formula is C12H15N3O2S2. The molecule has 2 rings (SSSR count). The van der Waals surface area contributed by atoms with Crippen molar-refractivity contribution in [2.45, 2.75) is 25.7 Å². The zero-order valence-corrected chi connectivity index (χ0v) is 12.5. The Morgan fingerprint density at radius 1 is 1.26 bits per heavy atom. The standard InChI is InChI=1S/C12H15N3O2S2/c1-7-4-5-10(13)9(3)11(7)19(16,17)15-12-14-6-8(2)18-12/h4-6H,13H2,1-3H3,(H,14,15). The minimum Gasteiger partial charge on any atom is -0.398 e. The van der Waals surface area contributed by atoms with E-state index >= 15 is 0 Å². The van der Waals surface area contributed by atoms with E-state index in [1.54, 1.807) is 32.2 Å². The molecule has 0 atom stereocenters. The minimum absolute atomic E-state index is 0.223. The predicted molar refractivity (Wildman–Crippen MR) is 78.0 cm³/mol. The van der Waals surface area contributed by atoms with Crippen molar-refractivity contribution in [3.05, 3.63) is 34.3 Å². The predicted octanol–water partition coefficient (Wildman–Crippen LogP) is 2.45. The third kappa shape index (κ3) is 2.71. The number of rotatable bonds is 3. The van der Waals surface area contributed by atoms with Gasteiger partial charge in [0.05, 0.1) is 4.90 Å². The van der Waals surface area contributed by atoms with E-state index in [1.165, 1.54) is 11.3 Å². The van der Waals surface area contributed by atoms with E-state index < -0.39 is 10.0 Å². The van der Waals surface area contributed by atoms with E-state index in [2.05, 4.69) is 9.71 Å². The van der Waals surface area contributed by atoms with Crippen LogP contribution in [0.5, 0.6) is 0 Å². The molecule has 19 heavy (non-hydrogen) atoms. The fraction of sp³-hybridized carbons (Fsp3) is 0.250. The number of nitrogens with zero attached hydrogens (tertiary/aromatic N) is 1. The monoisotopic (exact) mass is 297 g/mol. The van der Waals surface area contributed by atoms with Gasteiger partial charge in [-0.2, -0.15) is 0 Å². The number of nitrogen functional groups attached to an aromatic ring is 1. The van der Waals surface area contributed by atoms with E-state index in [1.807, 2.05) is 6.92 Å². The van der Waals surface area contributed by atoms with Gasteiger partial charge in [0.1, 0.15) is 0 Å². The lowest BCUT2D eigenvalue weighted by atomic mass is 10.1. The van der Waals surface area contributed by atoms with Gasteiger partial charge in [0.15, 0.2) is 5.13 Å². The SMILES string of the molecule is Cc1cnc(NS(=O)(=O)c2c(C)ccc(N)c2C)s1. The highest BCUT2D eigenvalue weighted by Gasteiger charge is 2.21. The van der Waals surface area contributed by atoms with Gasteiger partial charge in [-0.05, 0) is 38.0 Å². The van der Waals surface area contributed by atoms with E-state index in [0.29, 0.717) is 21.9 Å². The van der Waals surface area contributed by atoms with Crippen LogP contribution in [-0.4, -0.2) is 13.4 Å². The third-order valence-corrected chi connectivity index (χ3v) is 5.34. The number of aryl methyl sites for hydroxylation is 2. The Morgan fingerprint density at radius 2 is 1.95 bits per heavy atom. The van der Waals surface area contributed by atoms with Crippen molar-refractivity contribution in [3.63, 3.8) is 0 Å². The average Bonchev–Trinajstić information content (AvgIpc) is 2.68. The molecule has 0 unspecified atom stereocenters. The second-order valence-corrected chi connectivity index (χ2v) is 7.16. The lowest BCUT2D eigenvalue weighted by molar-refractivity contribution is 0.600. The van der Waals surface area contributed by atoms with Gasteiger partial charge >= 0.3 is 0 Å². The molecule has 0 amide bonds. The van der Waals surface area contributed by atoms with Gasteiger partial charge in [0, 0.05) is 16.8 Å². The number of thiazole rings is 1. The molecule has 0 radical (unpaired) electrons. The number of benzene rings is 1. The van der Waals surface area contributed by atoms with Crippen LogP contribution in [0.4, 0.5) is 10.8 Å². The summed E-state index contributed by atoms with van der Waals surface area (Å²) >= 11 is 1.29. The summed E-state index contributed by atoms with van der Waals surface area (Å²) in [5.74, 6) is 0. The van der Waals surface area contributed by atoms with E-state index in [9.17, 15) is 8.42 Å². The van der Waals surface area contributed by atoms with Crippen LogP contribution in [0.25, 0.3) is 0 Å². The lowest BCUT2D eigenvalue weighted by Crippen LogP contribution is -2.16. The quantitative estimate of drug-likeness (QED) is 0.852. The maximum Gasteiger partial charge on any atom is 0.264 e. The Labute approximate surface area is 116 Å². The minimum atomic E-state index is -3.67. The van der Waals surface area contributed by atoms with Crippen molar-refractivity contribution in [1.29, 1.82) is 0 Å². The molecule has 1 aromatic carbocycles. The second kappa shape index (κ2) is 4.82. The van der Waals surface area contributed by atoms with Crippen molar-refractivity contribution in [2.24, 2.45) is 0 Å². The zero-order valence-electron chi connectivity index (χ0n) is 10.9. The largest absolute Gasteiger partial charge is 0.398 e. The number of hydrogen-bond donors (Lipinski definition) is 2. The van der Waals surface area contributed by atoms with Gasteiger partial charge in [-0.1, -0.05) is 6.07 Å². The molecule has 1 heterocycles. The van der Waals surface area contributed by atoms with Crippen molar-refractivity contribution < 1.29 is 8.42 Å². The Balaban J connectivity index is 2.48. The summed E-state index contributed by atoms with van der Waals surface area (Å²) in [4.78, 5) is 5.17. The number of aromatic nitrogens is 1. The van der Waals surface area contributed by atoms with Gasteiger partial charge in [0.25, 0.3) is 10.0 Å². The smallest absolute Gasteiger partial charge is 0.264 e. The number of nitrogens with two attached hydrogens (primary N) is 1. The van der Waals surface area contributed by atoms with Gasteiger partial charge in [-0.25, -0.2) is 13.4 Å². The summed E-state index contributed by atoms with van der Waals surface area (Å²) in [5, 5.41) is 0.360. The molecule has 0 spiro atoms. The Morgan fingerprint density at radius 3 is 2.53 bits per heavy atom. The fourth-order valence-corrected chi connectivity index (χ4v) is 4.23. The molecule has 0 aliphatic heterocycles. The second-order valence-electron chi connectivity index (χ2n) is 4.31. The van der Waals surface area contributed by atoms with Crippen LogP contribution in [0.3, 0.4) is 0 Å². The Hall–Kier alpha value is -1.60. The summed E-state index contributed by atoms with van der Waals surface area (Å²) in [5.41, 5.74) is 7.45. The fourth-order valence-electron chi connectivity index (χ4n) is 1.82. The highest BCUT2D eigenvalue weighted by Crippen LogP contribution is 2.27. The molecule has 0 aliphatic carbocycles. The molecule has 3 N–H and O–H groups in total. The third-order valence-electron chi connectivity index (χ3n) is 2.76. The molecule has 2 aromatic rings. The van der Waals surface area contributed by atoms with Crippen molar-refractivity contribution in [1.82, 2.24) is 4.98 Å². The summed E-state index contributed by atoms with van der Waals surface area (Å²) in [7, 11) is -3.67. The summed E-state index contributed by atoms with van der Waals surface area (Å²) in [6.07, 6.45) is 1.63. The van der Waals surface area contributed by atoms with Crippen molar-refractivity contribution in [2.75, 3.05) is 10.5 Å². The molecule has 0 aliphatic rings. The molecule has 0 bridgehead atoms. The number of anilines is 2. The first kappa shape index (κ1) is 13.8. The highest BCUT2D eigenvalue weighted by molar-refractivity contribution is 7.93. The summed E-state index contributed by atoms with van der Waals surface area (Å²) in [6, 6.07) is 3.40. The summed E-state index contributed by atoms with van der Waals surface area (Å²) in [6.45, 7) is 5.31. The molecule has 0 fully saturated rings. The van der Waals surface area contributed by atoms with Crippen LogP contribution in [0, 0.1) is 20.8 Å². The zero-order chi connectivity index (χ0) is 14.2. The van der Waals surface area contributed by atoms with Crippen molar-refractivity contribution in [3.8, 4) is 0 Å². The average molecular weight is 297 g/mol. The van der Waals surface area contributed by atoms with Crippen LogP contribution in [0.15, 0.2) is 23.2 Å². The maximum absolute atomic E-state index is 12.4. The van der Waals surface area contributed by atoms with Gasteiger partial charge in [-0.15, -0.1) is 11.3 Å². The number of nitrogens with one attached hydrogen (secondary N) is 1. The van der Waals surface area contributed by atoms with Gasteiger partial charge in [-0.3, -0.25) is 4.72 Å². The molecular weight excluding hydrogens is 282 g/mol. The van der Waals surface area contributed by atoms with Crippen LogP contribution < -0.4 is 10.5 Å². The van der Waals surface area contributed by atoms with Crippen LogP contribution >= 0.6 is 11.3 Å². The van der Waals surface area contributed by atoms with E-state index in [0.717, 1.165) is 4.88 Å². The first-order valence-corrected chi connectivity index (χ1v) is 7.92. The number of sulfonamides is 1. The first-order chi connectivity index (χ1) is 8.81. The topological polar surface area (TPSA) is 85.1 Å². The molecule has 0 saturated heterocycles. The van der Waals surface area contributed by atoms with Crippen molar-refractivity contribution >= 4 is 32.2 Å². The first-order valence-electron chi connectivity index (χ1n) is 5.62. The van der Waals surface area contributed by atoms with E-state index in [-0.39, 0.29) is 4.90 Å². The van der Waals surface area contributed by atoms with Gasteiger partial charge < -0.3 is 5.73 Å². The highest BCUT2D eigenvalue weighted by atomic mass is 32.2. The van der Waals surface area contributed by atoms with Crippen LogP contribution in [-0.2, 0) is 10.0 Å². The summed E-state index contributed by atoms with van der Waals surface area (Å²) < 4.78 is 27.3. The maximum atomic E-state index is 12.4. The lowest BCUT2D eigenvalue weighted by Gasteiger charge is -2.12. The number of hydrogen-bond acceptors (Lipinski definition) is 5. The Bertz CT molecular complexity index is 721. The molecule has 0 saturated carbocycles. The normalized spacial score (nSPS) is 11.5. The molecule has 7 heteroatoms. The van der Waals surface area contributed by atoms with Crippen LogP contribution in [0.2, 0.25) is 0 Å². The Kier molecular flexibility index (Phi) is 3.51. The van der Waals surface area contributed by atoms with Crippen LogP contribution in [0.1, 0.15) is 16.0 Å². The molecule has 1 aromatic heterocycles. The van der Waals surface area contributed by atoms with E-state index in [4.69, 9.17) is 5.73 Å². The molecule has 102 valence electrons.